The summed E-state index contributed by atoms with van der Waals surface area (Å²) in [6.07, 6.45) is -2.47. The molecule has 0 fully saturated rings. The lowest BCUT2D eigenvalue weighted by Crippen LogP contribution is -2.35. The van der Waals surface area contributed by atoms with Gasteiger partial charge in [0, 0.05) is 28.2 Å². The summed E-state index contributed by atoms with van der Waals surface area (Å²) >= 11 is 0. The van der Waals surface area contributed by atoms with Crippen LogP contribution in [0.1, 0.15) is 5.56 Å². The van der Waals surface area contributed by atoms with Gasteiger partial charge >= 0.3 is 0 Å². The fourth-order valence-corrected chi connectivity index (χ4v) is 1.74. The van der Waals surface area contributed by atoms with Crippen molar-refractivity contribution in [1.82, 2.24) is 9.80 Å². The lowest BCUT2D eigenvalue weighted by molar-refractivity contribution is 0.0818. The number of guanidine groups is 1. The Morgan fingerprint density at radius 2 is 1.85 bits per heavy atom. The van der Waals surface area contributed by atoms with Gasteiger partial charge in [-0.3, -0.25) is 0 Å². The maximum atomic E-state index is 12.1. The number of hydrogen-bond donors (Lipinski definition) is 0. The van der Waals surface area contributed by atoms with Gasteiger partial charge < -0.3 is 14.5 Å². The SMILES string of the molecule is CN(C)C(=NCc1cccc(OCC(F)F)c1)N(C)C. The third-order valence-corrected chi connectivity index (χ3v) is 2.48. The van der Waals surface area contributed by atoms with Crippen molar-refractivity contribution in [2.45, 2.75) is 13.0 Å². The highest BCUT2D eigenvalue weighted by atomic mass is 19.3. The van der Waals surface area contributed by atoms with Crippen LogP contribution in [0.5, 0.6) is 5.75 Å². The molecule has 0 bridgehead atoms. The van der Waals surface area contributed by atoms with Crippen LogP contribution in [0.25, 0.3) is 0 Å². The minimum Gasteiger partial charge on any atom is -0.488 e. The number of benzene rings is 1. The van der Waals surface area contributed by atoms with Crippen molar-refractivity contribution in [3.63, 3.8) is 0 Å². The van der Waals surface area contributed by atoms with Gasteiger partial charge in [0.2, 0.25) is 0 Å². The minimum atomic E-state index is -2.47. The molecule has 112 valence electrons. The van der Waals surface area contributed by atoms with Crippen LogP contribution < -0.4 is 4.74 Å². The standard InChI is InChI=1S/C14H21F2N3O/c1-18(2)14(19(3)4)17-9-11-6-5-7-12(8-11)20-10-13(15)16/h5-8,13H,9-10H2,1-4H3. The van der Waals surface area contributed by atoms with Crippen molar-refractivity contribution in [2.24, 2.45) is 4.99 Å². The molecule has 0 aromatic heterocycles. The van der Waals surface area contributed by atoms with Gasteiger partial charge in [0.15, 0.2) is 5.96 Å². The summed E-state index contributed by atoms with van der Waals surface area (Å²) < 4.78 is 29.2. The molecule has 0 heterocycles. The van der Waals surface area contributed by atoms with Gasteiger partial charge in [0.05, 0.1) is 6.54 Å². The third kappa shape index (κ3) is 5.42. The number of alkyl halides is 2. The van der Waals surface area contributed by atoms with E-state index in [1.165, 1.54) is 0 Å². The number of halogens is 2. The predicted octanol–water partition coefficient (Wildman–Crippen LogP) is 2.31. The molecule has 0 amide bonds. The number of ether oxygens (including phenoxy) is 1. The van der Waals surface area contributed by atoms with Gasteiger partial charge in [-0.05, 0) is 17.7 Å². The Morgan fingerprint density at radius 1 is 1.20 bits per heavy atom. The number of nitrogens with zero attached hydrogens (tertiary/aromatic N) is 3. The summed E-state index contributed by atoms with van der Waals surface area (Å²) in [7, 11) is 7.67. The van der Waals surface area contributed by atoms with Crippen molar-refractivity contribution >= 4 is 5.96 Å². The maximum absolute atomic E-state index is 12.1. The molecule has 0 radical (unpaired) electrons. The van der Waals surface area contributed by atoms with Gasteiger partial charge in [0.25, 0.3) is 6.43 Å². The van der Waals surface area contributed by atoms with E-state index < -0.39 is 13.0 Å². The first-order valence-electron chi connectivity index (χ1n) is 6.29. The van der Waals surface area contributed by atoms with E-state index >= 15 is 0 Å². The van der Waals surface area contributed by atoms with Gasteiger partial charge in [-0.25, -0.2) is 13.8 Å². The van der Waals surface area contributed by atoms with E-state index in [0.29, 0.717) is 12.3 Å². The first-order valence-corrected chi connectivity index (χ1v) is 6.29. The van der Waals surface area contributed by atoms with Crippen molar-refractivity contribution in [3.8, 4) is 5.75 Å². The largest absolute Gasteiger partial charge is 0.488 e. The summed E-state index contributed by atoms with van der Waals surface area (Å²) in [6, 6.07) is 7.06. The van der Waals surface area contributed by atoms with Crippen LogP contribution in [0, 0.1) is 0 Å². The van der Waals surface area contributed by atoms with Crippen molar-refractivity contribution < 1.29 is 13.5 Å². The molecule has 0 atom stereocenters. The van der Waals surface area contributed by atoms with Crippen LogP contribution in [-0.4, -0.2) is 57.0 Å². The molecular formula is C14H21F2N3O. The number of aliphatic imine (C=N–C) groups is 1. The summed E-state index contributed by atoms with van der Waals surface area (Å²) in [6.45, 7) is -0.120. The van der Waals surface area contributed by atoms with Crippen LogP contribution >= 0.6 is 0 Å². The van der Waals surface area contributed by atoms with Crippen LogP contribution in [-0.2, 0) is 6.54 Å². The van der Waals surface area contributed by atoms with Crippen molar-refractivity contribution in [3.05, 3.63) is 29.8 Å². The summed E-state index contributed by atoms with van der Waals surface area (Å²) in [4.78, 5) is 8.32. The Kier molecular flexibility index (Phi) is 6.21. The van der Waals surface area contributed by atoms with E-state index in [1.807, 2.05) is 44.1 Å². The van der Waals surface area contributed by atoms with Gasteiger partial charge in [0.1, 0.15) is 12.4 Å². The first kappa shape index (κ1) is 16.2. The minimum absolute atomic E-state index is 0.439. The Labute approximate surface area is 118 Å². The Morgan fingerprint density at radius 3 is 2.40 bits per heavy atom. The van der Waals surface area contributed by atoms with Gasteiger partial charge in [-0.15, -0.1) is 0 Å². The second-order valence-electron chi connectivity index (χ2n) is 4.75. The zero-order valence-electron chi connectivity index (χ0n) is 12.3. The molecule has 4 nitrogen and oxygen atoms in total. The monoisotopic (exact) mass is 285 g/mol. The van der Waals surface area contributed by atoms with E-state index in [9.17, 15) is 8.78 Å². The normalized spacial score (nSPS) is 10.3. The molecule has 0 aliphatic carbocycles. The topological polar surface area (TPSA) is 28.1 Å². The Balaban J connectivity index is 2.72. The summed E-state index contributed by atoms with van der Waals surface area (Å²) in [5.41, 5.74) is 0.915. The highest BCUT2D eigenvalue weighted by molar-refractivity contribution is 5.79. The molecule has 0 N–H and O–H groups in total. The third-order valence-electron chi connectivity index (χ3n) is 2.48. The van der Waals surface area contributed by atoms with Crippen LogP contribution in [0.3, 0.4) is 0 Å². The molecule has 1 aromatic rings. The van der Waals surface area contributed by atoms with Crippen molar-refractivity contribution in [2.75, 3.05) is 34.8 Å². The van der Waals surface area contributed by atoms with Gasteiger partial charge in [-0.2, -0.15) is 0 Å². The molecule has 0 spiro atoms. The van der Waals surface area contributed by atoms with E-state index in [-0.39, 0.29) is 0 Å². The van der Waals surface area contributed by atoms with E-state index in [4.69, 9.17) is 4.74 Å². The van der Waals surface area contributed by atoms with Crippen LogP contribution in [0.4, 0.5) is 8.78 Å². The molecule has 0 saturated carbocycles. The zero-order chi connectivity index (χ0) is 15.1. The highest BCUT2D eigenvalue weighted by Gasteiger charge is 2.06. The first-order chi connectivity index (χ1) is 9.40. The molecule has 1 rings (SSSR count). The maximum Gasteiger partial charge on any atom is 0.272 e. The smallest absolute Gasteiger partial charge is 0.272 e. The average Bonchev–Trinajstić information content (AvgIpc) is 2.36. The zero-order valence-corrected chi connectivity index (χ0v) is 12.3. The molecule has 0 saturated heterocycles. The fraction of sp³-hybridized carbons (Fsp3) is 0.500. The average molecular weight is 285 g/mol. The molecule has 1 aromatic carbocycles. The van der Waals surface area contributed by atoms with E-state index in [2.05, 4.69) is 4.99 Å². The van der Waals surface area contributed by atoms with Crippen molar-refractivity contribution in [1.29, 1.82) is 0 Å². The molecule has 0 aliphatic rings. The van der Waals surface area contributed by atoms with E-state index in [0.717, 1.165) is 11.5 Å². The molecule has 20 heavy (non-hydrogen) atoms. The molecule has 6 heteroatoms. The fourth-order valence-electron chi connectivity index (χ4n) is 1.74. The summed E-state index contributed by atoms with van der Waals surface area (Å²) in [5, 5.41) is 0. The molecular weight excluding hydrogens is 264 g/mol. The predicted molar refractivity (Wildman–Crippen MR) is 76.5 cm³/mol. The van der Waals surface area contributed by atoms with Crippen LogP contribution in [0.2, 0.25) is 0 Å². The summed E-state index contributed by atoms with van der Waals surface area (Å²) in [5.74, 6) is 1.28. The van der Waals surface area contributed by atoms with E-state index in [1.54, 1.807) is 18.2 Å². The molecule has 0 unspecified atom stereocenters. The van der Waals surface area contributed by atoms with Crippen LogP contribution in [0.15, 0.2) is 29.3 Å². The number of rotatable bonds is 5. The lowest BCUT2D eigenvalue weighted by Gasteiger charge is -2.22. The number of hydrogen-bond acceptors (Lipinski definition) is 2. The second kappa shape index (κ2) is 7.67. The van der Waals surface area contributed by atoms with Gasteiger partial charge in [-0.1, -0.05) is 12.1 Å². The highest BCUT2D eigenvalue weighted by Crippen LogP contribution is 2.15. The Hall–Kier alpha value is -1.85. The molecule has 0 aliphatic heterocycles. The second-order valence-corrected chi connectivity index (χ2v) is 4.75. The lowest BCUT2D eigenvalue weighted by atomic mass is 10.2. The Bertz CT molecular complexity index is 438. The quantitative estimate of drug-likeness (QED) is 0.614.